The molecule has 0 bridgehead atoms. The Morgan fingerprint density at radius 1 is 1.44 bits per heavy atom. The second kappa shape index (κ2) is 4.40. The van der Waals surface area contributed by atoms with Gasteiger partial charge in [0.05, 0.1) is 10.5 Å². The summed E-state index contributed by atoms with van der Waals surface area (Å²) >= 11 is 6.20. The minimum atomic E-state index is 0.131. The number of nitrogens with two attached hydrogens (primary N) is 1. The van der Waals surface area contributed by atoms with Gasteiger partial charge in [-0.3, -0.25) is 4.98 Å². The molecule has 0 amide bonds. The predicted octanol–water partition coefficient (Wildman–Crippen LogP) is 3.09. The molecule has 1 atom stereocenters. The second-order valence-electron chi connectivity index (χ2n) is 4.24. The highest BCUT2D eigenvalue weighted by Gasteiger charge is 2.07. The standard InChI is InChI=1S/C13H15ClN2/c1-8(15)6-10-4-3-5-11-12(14)7-9(2)16-13(10)11/h3-5,7-8H,6,15H2,1-2H3. The number of para-hydroxylation sites is 1. The highest BCUT2D eigenvalue weighted by molar-refractivity contribution is 6.35. The molecule has 16 heavy (non-hydrogen) atoms. The molecule has 84 valence electrons. The van der Waals surface area contributed by atoms with Gasteiger partial charge in [0.1, 0.15) is 0 Å². The maximum atomic E-state index is 6.20. The first-order valence-electron chi connectivity index (χ1n) is 5.38. The highest BCUT2D eigenvalue weighted by Crippen LogP contribution is 2.25. The quantitative estimate of drug-likeness (QED) is 0.867. The lowest BCUT2D eigenvalue weighted by Gasteiger charge is -2.10. The van der Waals surface area contributed by atoms with Gasteiger partial charge in [0.25, 0.3) is 0 Å². The number of hydrogen-bond donors (Lipinski definition) is 1. The SMILES string of the molecule is Cc1cc(Cl)c2cccc(CC(C)N)c2n1. The third-order valence-electron chi connectivity index (χ3n) is 2.54. The summed E-state index contributed by atoms with van der Waals surface area (Å²) in [7, 11) is 0. The number of aromatic nitrogens is 1. The summed E-state index contributed by atoms with van der Waals surface area (Å²) in [6.45, 7) is 3.95. The molecule has 0 fully saturated rings. The summed E-state index contributed by atoms with van der Waals surface area (Å²) in [5.74, 6) is 0. The maximum Gasteiger partial charge on any atom is 0.0752 e. The summed E-state index contributed by atoms with van der Waals surface area (Å²) in [4.78, 5) is 4.55. The van der Waals surface area contributed by atoms with Crippen LogP contribution in [0.2, 0.25) is 5.02 Å². The third kappa shape index (κ3) is 2.18. The van der Waals surface area contributed by atoms with Crippen LogP contribution in [0.3, 0.4) is 0 Å². The fourth-order valence-electron chi connectivity index (χ4n) is 1.90. The lowest BCUT2D eigenvalue weighted by atomic mass is 10.0. The summed E-state index contributed by atoms with van der Waals surface area (Å²) in [5, 5.41) is 1.76. The Labute approximate surface area is 100 Å². The van der Waals surface area contributed by atoms with Gasteiger partial charge in [-0.2, -0.15) is 0 Å². The smallest absolute Gasteiger partial charge is 0.0752 e. The van der Waals surface area contributed by atoms with Crippen molar-refractivity contribution < 1.29 is 0 Å². The monoisotopic (exact) mass is 234 g/mol. The van der Waals surface area contributed by atoms with Crippen LogP contribution in [-0.2, 0) is 6.42 Å². The molecular weight excluding hydrogens is 220 g/mol. The summed E-state index contributed by atoms with van der Waals surface area (Å²) in [6, 6.07) is 8.08. The van der Waals surface area contributed by atoms with E-state index < -0.39 is 0 Å². The third-order valence-corrected chi connectivity index (χ3v) is 2.86. The predicted molar refractivity (Wildman–Crippen MR) is 68.8 cm³/mol. The van der Waals surface area contributed by atoms with Crippen LogP contribution in [0, 0.1) is 6.92 Å². The topological polar surface area (TPSA) is 38.9 Å². The Balaban J connectivity index is 2.66. The van der Waals surface area contributed by atoms with E-state index in [2.05, 4.69) is 11.1 Å². The van der Waals surface area contributed by atoms with E-state index >= 15 is 0 Å². The highest BCUT2D eigenvalue weighted by atomic mass is 35.5. The average molecular weight is 235 g/mol. The van der Waals surface area contributed by atoms with Crippen LogP contribution in [0.15, 0.2) is 24.3 Å². The van der Waals surface area contributed by atoms with Crippen molar-refractivity contribution in [3.05, 3.63) is 40.5 Å². The number of pyridine rings is 1. The van der Waals surface area contributed by atoms with E-state index in [4.69, 9.17) is 17.3 Å². The Morgan fingerprint density at radius 2 is 2.19 bits per heavy atom. The average Bonchev–Trinajstić information content (AvgIpc) is 2.18. The van der Waals surface area contributed by atoms with Crippen LogP contribution in [0.1, 0.15) is 18.2 Å². The van der Waals surface area contributed by atoms with E-state index in [-0.39, 0.29) is 6.04 Å². The van der Waals surface area contributed by atoms with E-state index in [0.29, 0.717) is 0 Å². The minimum Gasteiger partial charge on any atom is -0.328 e. The summed E-state index contributed by atoms with van der Waals surface area (Å²) in [6.07, 6.45) is 0.824. The first kappa shape index (κ1) is 11.4. The molecule has 1 aromatic heterocycles. The lowest BCUT2D eigenvalue weighted by Crippen LogP contribution is -2.18. The van der Waals surface area contributed by atoms with Crippen LogP contribution in [0.25, 0.3) is 10.9 Å². The second-order valence-corrected chi connectivity index (χ2v) is 4.65. The molecule has 2 aromatic rings. The van der Waals surface area contributed by atoms with E-state index in [1.165, 1.54) is 0 Å². The van der Waals surface area contributed by atoms with Crippen LogP contribution in [-0.4, -0.2) is 11.0 Å². The van der Waals surface area contributed by atoms with Crippen molar-refractivity contribution in [1.82, 2.24) is 4.98 Å². The molecule has 0 saturated heterocycles. The van der Waals surface area contributed by atoms with Gasteiger partial charge in [0, 0.05) is 17.1 Å². The number of benzene rings is 1. The van der Waals surface area contributed by atoms with E-state index in [9.17, 15) is 0 Å². The fraction of sp³-hybridized carbons (Fsp3) is 0.308. The van der Waals surface area contributed by atoms with Crippen molar-refractivity contribution in [2.45, 2.75) is 26.3 Å². The van der Waals surface area contributed by atoms with Gasteiger partial charge >= 0.3 is 0 Å². The molecule has 1 unspecified atom stereocenters. The van der Waals surface area contributed by atoms with E-state index in [1.54, 1.807) is 0 Å². The lowest BCUT2D eigenvalue weighted by molar-refractivity contribution is 0.740. The molecule has 3 heteroatoms. The molecule has 2 nitrogen and oxygen atoms in total. The Morgan fingerprint density at radius 3 is 2.88 bits per heavy atom. The van der Waals surface area contributed by atoms with E-state index in [0.717, 1.165) is 33.6 Å². The van der Waals surface area contributed by atoms with Gasteiger partial charge < -0.3 is 5.73 Å². The molecule has 0 aliphatic heterocycles. The van der Waals surface area contributed by atoms with Gasteiger partial charge in [0.2, 0.25) is 0 Å². The van der Waals surface area contributed by atoms with Crippen molar-refractivity contribution in [2.75, 3.05) is 0 Å². The molecule has 0 radical (unpaired) electrons. The van der Waals surface area contributed by atoms with Gasteiger partial charge in [-0.1, -0.05) is 29.8 Å². The molecule has 1 heterocycles. The van der Waals surface area contributed by atoms with E-state index in [1.807, 2.05) is 32.0 Å². The molecule has 1 aromatic carbocycles. The first-order valence-corrected chi connectivity index (χ1v) is 5.76. The Bertz CT molecular complexity index is 521. The number of hydrogen-bond acceptors (Lipinski definition) is 2. The molecule has 0 aliphatic carbocycles. The van der Waals surface area contributed by atoms with Crippen molar-refractivity contribution in [3.8, 4) is 0 Å². The number of halogens is 1. The normalized spacial score (nSPS) is 13.0. The fourth-order valence-corrected chi connectivity index (χ4v) is 2.21. The summed E-state index contributed by atoms with van der Waals surface area (Å²) < 4.78 is 0. The molecule has 0 saturated carbocycles. The summed E-state index contributed by atoms with van der Waals surface area (Å²) in [5.41, 5.74) is 8.91. The van der Waals surface area contributed by atoms with Crippen molar-refractivity contribution in [3.63, 3.8) is 0 Å². The zero-order valence-corrected chi connectivity index (χ0v) is 10.3. The molecular formula is C13H15ClN2. The Kier molecular flexibility index (Phi) is 3.13. The molecule has 2 N–H and O–H groups in total. The van der Waals surface area contributed by atoms with Gasteiger partial charge in [-0.15, -0.1) is 0 Å². The van der Waals surface area contributed by atoms with Crippen LogP contribution in [0.4, 0.5) is 0 Å². The molecule has 0 spiro atoms. The maximum absolute atomic E-state index is 6.20. The largest absolute Gasteiger partial charge is 0.328 e. The molecule has 0 aliphatic rings. The van der Waals surface area contributed by atoms with Crippen LogP contribution in [0.5, 0.6) is 0 Å². The van der Waals surface area contributed by atoms with Gasteiger partial charge in [0.15, 0.2) is 0 Å². The Hall–Kier alpha value is -1.12. The zero-order valence-electron chi connectivity index (χ0n) is 9.50. The number of aryl methyl sites for hydroxylation is 1. The van der Waals surface area contributed by atoms with Crippen molar-refractivity contribution in [1.29, 1.82) is 0 Å². The molecule has 2 rings (SSSR count). The van der Waals surface area contributed by atoms with Crippen molar-refractivity contribution in [2.24, 2.45) is 5.73 Å². The van der Waals surface area contributed by atoms with Crippen molar-refractivity contribution >= 4 is 22.5 Å². The number of rotatable bonds is 2. The zero-order chi connectivity index (χ0) is 11.7. The first-order chi connectivity index (χ1) is 7.58. The van der Waals surface area contributed by atoms with Crippen LogP contribution < -0.4 is 5.73 Å². The van der Waals surface area contributed by atoms with Crippen LogP contribution >= 0.6 is 11.6 Å². The number of fused-ring (bicyclic) bond motifs is 1. The number of nitrogens with zero attached hydrogens (tertiary/aromatic N) is 1. The van der Waals surface area contributed by atoms with Gasteiger partial charge in [-0.25, -0.2) is 0 Å². The minimum absolute atomic E-state index is 0.131. The van der Waals surface area contributed by atoms with Gasteiger partial charge in [-0.05, 0) is 31.9 Å².